The van der Waals surface area contributed by atoms with E-state index in [-0.39, 0.29) is 6.42 Å². The summed E-state index contributed by atoms with van der Waals surface area (Å²) in [5, 5.41) is 11.1. The van der Waals surface area contributed by atoms with Crippen LogP contribution in [0.2, 0.25) is 0 Å². The van der Waals surface area contributed by atoms with Gasteiger partial charge < -0.3 is 14.6 Å². The number of benzene rings is 3. The highest BCUT2D eigenvalue weighted by Gasteiger charge is 2.15. The molecule has 0 spiro atoms. The Kier molecular flexibility index (Phi) is 4.89. The molecule has 0 bridgehead atoms. The molecule has 0 saturated heterocycles. The van der Waals surface area contributed by atoms with Crippen LogP contribution in [0.4, 0.5) is 0 Å². The summed E-state index contributed by atoms with van der Waals surface area (Å²) in [7, 11) is 3.28. The summed E-state index contributed by atoms with van der Waals surface area (Å²) in [5.74, 6) is 0.685. The van der Waals surface area contributed by atoms with E-state index in [1.807, 2.05) is 54.6 Å². The number of carboxylic acid groups (broad SMARTS) is 1. The lowest BCUT2D eigenvalue weighted by molar-refractivity contribution is -0.136. The van der Waals surface area contributed by atoms with Gasteiger partial charge in [0.25, 0.3) is 0 Å². The number of rotatable bonds is 6. The third-order valence-corrected chi connectivity index (χ3v) is 4.32. The summed E-state index contributed by atoms with van der Waals surface area (Å²) < 4.78 is 11.1. The number of methoxy groups -OCH3 is 2. The van der Waals surface area contributed by atoms with Crippen molar-refractivity contribution in [2.75, 3.05) is 14.2 Å². The van der Waals surface area contributed by atoms with Crippen molar-refractivity contribution in [3.8, 4) is 22.6 Å². The van der Waals surface area contributed by atoms with E-state index in [0.717, 1.165) is 39.0 Å². The van der Waals surface area contributed by atoms with Crippen LogP contribution in [0.25, 0.3) is 21.9 Å². The molecule has 0 heterocycles. The molecule has 0 aliphatic heterocycles. The maximum atomic E-state index is 10.9. The van der Waals surface area contributed by atoms with E-state index >= 15 is 0 Å². The van der Waals surface area contributed by atoms with Crippen molar-refractivity contribution in [1.29, 1.82) is 0 Å². The number of aryl methyl sites for hydroxylation is 1. The van der Waals surface area contributed by atoms with Crippen molar-refractivity contribution in [1.82, 2.24) is 0 Å². The first kappa shape index (κ1) is 16.8. The fraction of sp³-hybridized carbons (Fsp3) is 0.190. The second-order valence-electron chi connectivity index (χ2n) is 5.75. The fourth-order valence-electron chi connectivity index (χ4n) is 3.17. The Morgan fingerprint density at radius 3 is 2.12 bits per heavy atom. The topological polar surface area (TPSA) is 55.8 Å². The first-order valence-corrected chi connectivity index (χ1v) is 8.09. The minimum atomic E-state index is -0.792. The van der Waals surface area contributed by atoms with E-state index in [4.69, 9.17) is 14.6 Å². The number of aliphatic carboxylic acids is 1. The van der Waals surface area contributed by atoms with Gasteiger partial charge in [0.15, 0.2) is 0 Å². The first-order valence-electron chi connectivity index (χ1n) is 8.09. The molecule has 3 rings (SSSR count). The van der Waals surface area contributed by atoms with E-state index in [1.165, 1.54) is 0 Å². The molecule has 0 aromatic heterocycles. The largest absolute Gasteiger partial charge is 0.496 e. The summed E-state index contributed by atoms with van der Waals surface area (Å²) in [6.45, 7) is 0. The zero-order valence-corrected chi connectivity index (χ0v) is 14.3. The molecular formula is C21H20O4. The van der Waals surface area contributed by atoms with Gasteiger partial charge in [-0.15, -0.1) is 0 Å². The van der Waals surface area contributed by atoms with E-state index in [2.05, 4.69) is 0 Å². The Bertz CT molecular complexity index is 893. The van der Waals surface area contributed by atoms with Crippen LogP contribution in [0.1, 0.15) is 12.0 Å². The lowest BCUT2D eigenvalue weighted by atomic mass is 9.93. The second kappa shape index (κ2) is 7.26. The zero-order valence-electron chi connectivity index (χ0n) is 14.3. The molecule has 0 aliphatic rings. The van der Waals surface area contributed by atoms with Gasteiger partial charge in [-0.25, -0.2) is 0 Å². The summed E-state index contributed by atoms with van der Waals surface area (Å²) >= 11 is 0. The molecule has 0 saturated carbocycles. The normalized spacial score (nSPS) is 10.6. The Morgan fingerprint density at radius 1 is 0.880 bits per heavy atom. The predicted octanol–water partition coefficient (Wildman–Crippen LogP) is 4.54. The summed E-state index contributed by atoms with van der Waals surface area (Å²) in [6.07, 6.45) is 0.612. The molecule has 4 nitrogen and oxygen atoms in total. The van der Waals surface area contributed by atoms with Crippen molar-refractivity contribution in [2.45, 2.75) is 12.8 Å². The Balaban J connectivity index is 2.22. The minimum Gasteiger partial charge on any atom is -0.496 e. The van der Waals surface area contributed by atoms with Crippen molar-refractivity contribution in [3.63, 3.8) is 0 Å². The van der Waals surface area contributed by atoms with E-state index < -0.39 is 5.97 Å². The number of hydrogen-bond donors (Lipinski definition) is 1. The molecule has 0 fully saturated rings. The van der Waals surface area contributed by atoms with Crippen LogP contribution in [-0.2, 0) is 11.2 Å². The highest BCUT2D eigenvalue weighted by molar-refractivity contribution is 6.01. The van der Waals surface area contributed by atoms with Gasteiger partial charge >= 0.3 is 5.97 Å². The minimum absolute atomic E-state index is 0.112. The van der Waals surface area contributed by atoms with Gasteiger partial charge in [-0.1, -0.05) is 42.5 Å². The molecule has 25 heavy (non-hydrogen) atoms. The number of carboxylic acids is 1. The molecule has 0 atom stereocenters. The van der Waals surface area contributed by atoms with Crippen LogP contribution < -0.4 is 9.47 Å². The van der Waals surface area contributed by atoms with Crippen molar-refractivity contribution in [3.05, 3.63) is 60.2 Å². The molecule has 0 unspecified atom stereocenters. The smallest absolute Gasteiger partial charge is 0.303 e. The second-order valence-corrected chi connectivity index (χ2v) is 5.75. The van der Waals surface area contributed by atoms with E-state index in [1.54, 1.807) is 14.2 Å². The van der Waals surface area contributed by atoms with Gasteiger partial charge in [-0.2, -0.15) is 0 Å². The van der Waals surface area contributed by atoms with Gasteiger partial charge in [0, 0.05) is 6.42 Å². The molecule has 4 heteroatoms. The van der Waals surface area contributed by atoms with Crippen LogP contribution in [0.3, 0.4) is 0 Å². The van der Waals surface area contributed by atoms with Gasteiger partial charge in [-0.3, -0.25) is 4.79 Å². The van der Waals surface area contributed by atoms with Gasteiger partial charge in [0.1, 0.15) is 11.5 Å². The quantitative estimate of drug-likeness (QED) is 0.718. The number of ether oxygens (including phenoxy) is 2. The maximum absolute atomic E-state index is 10.9. The molecule has 128 valence electrons. The van der Waals surface area contributed by atoms with Crippen LogP contribution in [0.5, 0.6) is 11.5 Å². The Morgan fingerprint density at radius 2 is 1.48 bits per heavy atom. The average Bonchev–Trinajstić information content (AvgIpc) is 2.65. The molecule has 0 radical (unpaired) electrons. The lowest BCUT2D eigenvalue weighted by Gasteiger charge is -2.16. The van der Waals surface area contributed by atoms with Gasteiger partial charge in [0.2, 0.25) is 0 Å². The lowest BCUT2D eigenvalue weighted by Crippen LogP contribution is -1.98. The zero-order chi connectivity index (χ0) is 17.8. The average molecular weight is 336 g/mol. The summed E-state index contributed by atoms with van der Waals surface area (Å²) in [6, 6.07) is 17.7. The summed E-state index contributed by atoms with van der Waals surface area (Å²) in [4.78, 5) is 10.9. The third-order valence-electron chi connectivity index (χ3n) is 4.32. The predicted molar refractivity (Wildman–Crippen MR) is 98.4 cm³/mol. The van der Waals surface area contributed by atoms with Crippen molar-refractivity contribution >= 4 is 16.7 Å². The Labute approximate surface area is 146 Å². The van der Waals surface area contributed by atoms with Gasteiger partial charge in [0.05, 0.1) is 19.8 Å². The van der Waals surface area contributed by atoms with Crippen molar-refractivity contribution in [2.24, 2.45) is 0 Å². The van der Waals surface area contributed by atoms with Crippen LogP contribution >= 0.6 is 0 Å². The molecule has 0 aliphatic carbocycles. The van der Waals surface area contributed by atoms with Gasteiger partial charge in [-0.05, 0) is 40.5 Å². The SMILES string of the molecule is COc1cccc(OC)c1-c1cccc2c(CCC(=O)O)cccc12. The molecule has 3 aromatic carbocycles. The van der Waals surface area contributed by atoms with E-state index in [0.29, 0.717) is 6.42 Å². The number of hydrogen-bond acceptors (Lipinski definition) is 3. The number of carbonyl (C=O) groups is 1. The molecule has 0 amide bonds. The first-order chi connectivity index (χ1) is 12.2. The van der Waals surface area contributed by atoms with E-state index in [9.17, 15) is 4.79 Å². The number of fused-ring (bicyclic) bond motifs is 1. The van der Waals surface area contributed by atoms with Crippen LogP contribution in [-0.4, -0.2) is 25.3 Å². The highest BCUT2D eigenvalue weighted by Crippen LogP contribution is 2.41. The Hall–Kier alpha value is -3.01. The highest BCUT2D eigenvalue weighted by atomic mass is 16.5. The fourth-order valence-corrected chi connectivity index (χ4v) is 3.17. The maximum Gasteiger partial charge on any atom is 0.303 e. The summed E-state index contributed by atoms with van der Waals surface area (Å²) in [5.41, 5.74) is 2.92. The monoisotopic (exact) mass is 336 g/mol. The van der Waals surface area contributed by atoms with Crippen LogP contribution in [0, 0.1) is 0 Å². The molecular weight excluding hydrogens is 316 g/mol. The third kappa shape index (κ3) is 3.29. The molecule has 3 aromatic rings. The van der Waals surface area contributed by atoms with Crippen molar-refractivity contribution < 1.29 is 19.4 Å². The molecule has 1 N–H and O–H groups in total. The standard InChI is InChI=1S/C21H20O4/c1-24-18-10-5-11-19(25-2)21(18)17-9-4-7-15-14(12-13-20(22)23)6-3-8-16(15)17/h3-11H,12-13H2,1-2H3,(H,22,23). The van der Waals surface area contributed by atoms with Crippen LogP contribution in [0.15, 0.2) is 54.6 Å².